The van der Waals surface area contributed by atoms with E-state index >= 15 is 0 Å². The molecule has 0 bridgehead atoms. The molecule has 0 amide bonds. The summed E-state index contributed by atoms with van der Waals surface area (Å²) >= 11 is 0. The highest BCUT2D eigenvalue weighted by Gasteiger charge is 2.12. The van der Waals surface area contributed by atoms with E-state index < -0.39 is 0 Å². The number of hydrogen-bond donors (Lipinski definition) is 1. The Morgan fingerprint density at radius 2 is 1.70 bits per heavy atom. The highest BCUT2D eigenvalue weighted by Crippen LogP contribution is 2.10. The van der Waals surface area contributed by atoms with E-state index in [2.05, 4.69) is 47.7 Å². The van der Waals surface area contributed by atoms with Gasteiger partial charge in [0.2, 0.25) is 5.95 Å². The molecule has 1 heterocycles. The molecule has 20 heavy (non-hydrogen) atoms. The minimum Gasteiger partial charge on any atom is -0.339 e. The molecule has 5 heteroatoms. The summed E-state index contributed by atoms with van der Waals surface area (Å²) in [5.74, 6) is 1.40. The van der Waals surface area contributed by atoms with Gasteiger partial charge in [-0.05, 0) is 38.9 Å². The number of aromatic nitrogens is 2. The summed E-state index contributed by atoms with van der Waals surface area (Å²) in [5, 5.41) is 0. The Morgan fingerprint density at radius 1 is 1.10 bits per heavy atom. The fourth-order valence-corrected chi connectivity index (χ4v) is 2.02. The van der Waals surface area contributed by atoms with E-state index in [9.17, 15) is 0 Å². The van der Waals surface area contributed by atoms with Gasteiger partial charge >= 0.3 is 0 Å². The first kappa shape index (κ1) is 16.9. The first-order chi connectivity index (χ1) is 9.38. The molecule has 0 aliphatic heterocycles. The lowest BCUT2D eigenvalue weighted by molar-refractivity contribution is 0.407. The van der Waals surface area contributed by atoms with Crippen LogP contribution in [0.4, 0.5) is 5.95 Å². The number of likely N-dealkylation sites (N-methyl/N-ethyl adjacent to an activating group) is 1. The smallest absolute Gasteiger partial charge is 0.225 e. The fraction of sp³-hybridized carbons (Fsp3) is 0.733. The summed E-state index contributed by atoms with van der Waals surface area (Å²) in [5.41, 5.74) is 6.90. The van der Waals surface area contributed by atoms with Crippen molar-refractivity contribution in [1.29, 1.82) is 0 Å². The summed E-state index contributed by atoms with van der Waals surface area (Å²) in [6, 6.07) is 0.143. The van der Waals surface area contributed by atoms with Gasteiger partial charge in [-0.3, -0.25) is 0 Å². The van der Waals surface area contributed by atoms with Gasteiger partial charge in [-0.25, -0.2) is 9.97 Å². The average molecular weight is 279 g/mol. The SMILES string of the molecule is CC(C)CN(CCN(C)C)c1ncc(CC(C)N)cn1. The highest BCUT2D eigenvalue weighted by molar-refractivity contribution is 5.30. The quantitative estimate of drug-likeness (QED) is 0.779. The summed E-state index contributed by atoms with van der Waals surface area (Å²) < 4.78 is 0. The van der Waals surface area contributed by atoms with E-state index in [1.807, 2.05) is 19.3 Å². The molecule has 0 aliphatic carbocycles. The normalized spacial score (nSPS) is 13.0. The van der Waals surface area contributed by atoms with Crippen LogP contribution in [0, 0.1) is 5.92 Å². The van der Waals surface area contributed by atoms with Gasteiger partial charge in [0.25, 0.3) is 0 Å². The van der Waals surface area contributed by atoms with Gasteiger partial charge in [0.1, 0.15) is 0 Å². The van der Waals surface area contributed by atoms with Gasteiger partial charge in [-0.1, -0.05) is 13.8 Å². The third-order valence-corrected chi connectivity index (χ3v) is 2.93. The zero-order chi connectivity index (χ0) is 15.1. The van der Waals surface area contributed by atoms with Crippen molar-refractivity contribution in [2.75, 3.05) is 38.6 Å². The Kier molecular flexibility index (Phi) is 6.88. The number of nitrogens with zero attached hydrogens (tertiary/aromatic N) is 4. The second-order valence-electron chi connectivity index (χ2n) is 6.22. The van der Waals surface area contributed by atoms with Gasteiger partial charge < -0.3 is 15.5 Å². The van der Waals surface area contributed by atoms with Crippen LogP contribution < -0.4 is 10.6 Å². The van der Waals surface area contributed by atoms with Crippen LogP contribution in [-0.2, 0) is 6.42 Å². The van der Waals surface area contributed by atoms with Crippen molar-refractivity contribution in [2.45, 2.75) is 33.2 Å². The highest BCUT2D eigenvalue weighted by atomic mass is 15.3. The van der Waals surface area contributed by atoms with E-state index in [1.54, 1.807) is 0 Å². The van der Waals surface area contributed by atoms with E-state index in [0.717, 1.165) is 37.6 Å². The van der Waals surface area contributed by atoms with Gasteiger partial charge in [0.05, 0.1) is 0 Å². The molecule has 0 radical (unpaired) electrons. The maximum Gasteiger partial charge on any atom is 0.225 e. The summed E-state index contributed by atoms with van der Waals surface area (Å²) in [6.07, 6.45) is 4.62. The molecule has 1 aromatic heterocycles. The third-order valence-electron chi connectivity index (χ3n) is 2.93. The first-order valence-corrected chi connectivity index (χ1v) is 7.34. The first-order valence-electron chi connectivity index (χ1n) is 7.34. The van der Waals surface area contributed by atoms with E-state index in [4.69, 9.17) is 5.73 Å². The van der Waals surface area contributed by atoms with Crippen molar-refractivity contribution < 1.29 is 0 Å². The fourth-order valence-electron chi connectivity index (χ4n) is 2.02. The van der Waals surface area contributed by atoms with Crippen LogP contribution >= 0.6 is 0 Å². The summed E-state index contributed by atoms with van der Waals surface area (Å²) in [7, 11) is 4.17. The Balaban J connectivity index is 2.73. The Morgan fingerprint density at radius 3 is 2.15 bits per heavy atom. The lowest BCUT2D eigenvalue weighted by atomic mass is 10.1. The molecule has 0 saturated carbocycles. The average Bonchev–Trinajstić information content (AvgIpc) is 2.34. The lowest BCUT2D eigenvalue weighted by Gasteiger charge is -2.26. The monoisotopic (exact) mass is 279 g/mol. The molecule has 5 nitrogen and oxygen atoms in total. The van der Waals surface area contributed by atoms with Crippen LogP contribution in [0.3, 0.4) is 0 Å². The van der Waals surface area contributed by atoms with Crippen molar-refractivity contribution in [3.63, 3.8) is 0 Å². The van der Waals surface area contributed by atoms with Gasteiger partial charge in [0.15, 0.2) is 0 Å². The van der Waals surface area contributed by atoms with Gasteiger partial charge in [-0.2, -0.15) is 0 Å². The number of anilines is 1. The molecular weight excluding hydrogens is 250 g/mol. The predicted octanol–water partition coefficient (Wildman–Crippen LogP) is 1.39. The molecule has 0 aliphatic rings. The minimum atomic E-state index is 0.143. The topological polar surface area (TPSA) is 58.3 Å². The molecule has 1 aromatic rings. The molecule has 1 rings (SSSR count). The number of nitrogens with two attached hydrogens (primary N) is 1. The van der Waals surface area contributed by atoms with Crippen LogP contribution in [0.25, 0.3) is 0 Å². The molecule has 1 unspecified atom stereocenters. The Bertz CT molecular complexity index is 372. The molecule has 0 aromatic carbocycles. The minimum absolute atomic E-state index is 0.143. The Labute approximate surface area is 123 Å². The number of rotatable bonds is 8. The van der Waals surface area contributed by atoms with Crippen LogP contribution in [0.2, 0.25) is 0 Å². The second-order valence-corrected chi connectivity index (χ2v) is 6.22. The zero-order valence-corrected chi connectivity index (χ0v) is 13.5. The van der Waals surface area contributed by atoms with Gasteiger partial charge in [0, 0.05) is 38.1 Å². The molecule has 114 valence electrons. The van der Waals surface area contributed by atoms with Crippen molar-refractivity contribution >= 4 is 5.95 Å². The molecule has 0 spiro atoms. The van der Waals surface area contributed by atoms with Gasteiger partial charge in [-0.15, -0.1) is 0 Å². The maximum absolute atomic E-state index is 5.80. The van der Waals surface area contributed by atoms with Crippen LogP contribution in [-0.4, -0.2) is 54.6 Å². The van der Waals surface area contributed by atoms with Crippen molar-refractivity contribution in [3.8, 4) is 0 Å². The Hall–Kier alpha value is -1.20. The molecule has 2 N–H and O–H groups in total. The van der Waals surface area contributed by atoms with Crippen LogP contribution in [0.15, 0.2) is 12.4 Å². The second kappa shape index (κ2) is 8.17. The number of hydrogen-bond acceptors (Lipinski definition) is 5. The third kappa shape index (κ3) is 6.30. The maximum atomic E-state index is 5.80. The van der Waals surface area contributed by atoms with Crippen LogP contribution in [0.1, 0.15) is 26.3 Å². The van der Waals surface area contributed by atoms with Crippen molar-refractivity contribution in [3.05, 3.63) is 18.0 Å². The van der Waals surface area contributed by atoms with Crippen molar-refractivity contribution in [1.82, 2.24) is 14.9 Å². The van der Waals surface area contributed by atoms with E-state index in [-0.39, 0.29) is 6.04 Å². The summed E-state index contributed by atoms with van der Waals surface area (Å²) in [4.78, 5) is 13.4. The zero-order valence-electron chi connectivity index (χ0n) is 13.5. The molecule has 0 fully saturated rings. The van der Waals surface area contributed by atoms with E-state index in [1.165, 1.54) is 0 Å². The molecule has 0 saturated heterocycles. The molecule has 1 atom stereocenters. The van der Waals surface area contributed by atoms with Crippen molar-refractivity contribution in [2.24, 2.45) is 11.7 Å². The summed E-state index contributed by atoms with van der Waals surface area (Å²) in [6.45, 7) is 9.34. The van der Waals surface area contributed by atoms with E-state index in [0.29, 0.717) is 5.92 Å². The lowest BCUT2D eigenvalue weighted by Crippen LogP contribution is -2.35. The standard InChI is InChI=1S/C15H29N5/c1-12(2)11-20(7-6-19(4)5)15-17-9-14(10-18-15)8-13(3)16/h9-10,12-13H,6-8,11,16H2,1-5H3. The molecular formula is C15H29N5. The van der Waals surface area contributed by atoms with Crippen LogP contribution in [0.5, 0.6) is 0 Å². The largest absolute Gasteiger partial charge is 0.339 e. The predicted molar refractivity (Wildman–Crippen MR) is 85.0 cm³/mol.